The molecule has 1 aromatic carbocycles. The second kappa shape index (κ2) is 5.92. The topological polar surface area (TPSA) is 102 Å². The van der Waals surface area contributed by atoms with Crippen molar-refractivity contribution in [3.63, 3.8) is 0 Å². The van der Waals surface area contributed by atoms with Gasteiger partial charge in [0.1, 0.15) is 5.56 Å². The largest absolute Gasteiger partial charge is 0.477 e. The Bertz CT molecular complexity index is 433. The number of benzene rings is 1. The average molecular weight is 240 g/mol. The molecule has 0 aliphatic carbocycles. The summed E-state index contributed by atoms with van der Waals surface area (Å²) in [6.45, 7) is 2.27. The number of nitro benzene ring substituents is 1. The number of hydrogen-bond acceptors (Lipinski definition) is 5. The molecular formula is C10H12N2O5. The molecule has 0 bridgehead atoms. The molecule has 0 radical (unpaired) electrons. The fourth-order valence-electron chi connectivity index (χ4n) is 1.36. The van der Waals surface area contributed by atoms with Crippen LogP contribution in [-0.2, 0) is 11.4 Å². The van der Waals surface area contributed by atoms with E-state index in [2.05, 4.69) is 5.48 Å². The lowest BCUT2D eigenvalue weighted by Gasteiger charge is -2.07. The fourth-order valence-corrected chi connectivity index (χ4v) is 1.36. The van der Waals surface area contributed by atoms with Gasteiger partial charge in [0.25, 0.3) is 5.69 Å². The van der Waals surface area contributed by atoms with Gasteiger partial charge in [0.2, 0.25) is 0 Å². The van der Waals surface area contributed by atoms with Crippen LogP contribution in [0, 0.1) is 10.1 Å². The van der Waals surface area contributed by atoms with Crippen molar-refractivity contribution < 1.29 is 19.7 Å². The Balaban J connectivity index is 3.07. The van der Waals surface area contributed by atoms with Crippen molar-refractivity contribution in [3.05, 3.63) is 39.4 Å². The maximum Gasteiger partial charge on any atom is 0.343 e. The lowest BCUT2D eigenvalue weighted by atomic mass is 10.1. The van der Waals surface area contributed by atoms with Crippen LogP contribution in [0.4, 0.5) is 5.69 Å². The van der Waals surface area contributed by atoms with Gasteiger partial charge < -0.3 is 9.94 Å². The highest BCUT2D eigenvalue weighted by Gasteiger charge is 2.22. The quantitative estimate of drug-likeness (QED) is 0.442. The van der Waals surface area contributed by atoms with Crippen LogP contribution in [0.15, 0.2) is 18.2 Å². The molecule has 7 nitrogen and oxygen atoms in total. The van der Waals surface area contributed by atoms with Crippen LogP contribution in [0.25, 0.3) is 0 Å². The first-order chi connectivity index (χ1) is 8.07. The minimum Gasteiger partial charge on any atom is -0.477 e. The molecule has 0 heterocycles. The Hall–Kier alpha value is -1.99. The summed E-state index contributed by atoms with van der Waals surface area (Å²) < 4.78 is 0. The van der Waals surface area contributed by atoms with E-state index in [0.29, 0.717) is 12.2 Å². The molecule has 0 aliphatic heterocycles. The summed E-state index contributed by atoms with van der Waals surface area (Å²) in [4.78, 5) is 25.9. The molecule has 0 aromatic heterocycles. The van der Waals surface area contributed by atoms with Crippen LogP contribution < -0.4 is 5.48 Å². The Labute approximate surface area is 97.1 Å². The maximum atomic E-state index is 11.0. The number of carbonyl (C=O) groups is 1. The first kappa shape index (κ1) is 13.1. The Morgan fingerprint density at radius 2 is 2.29 bits per heavy atom. The number of nitro groups is 1. The molecule has 92 valence electrons. The predicted molar refractivity (Wildman–Crippen MR) is 58.5 cm³/mol. The number of carboxylic acid groups (broad SMARTS) is 1. The van der Waals surface area contributed by atoms with Gasteiger partial charge >= 0.3 is 5.97 Å². The van der Waals surface area contributed by atoms with Gasteiger partial charge in [0.15, 0.2) is 0 Å². The van der Waals surface area contributed by atoms with Gasteiger partial charge in [-0.25, -0.2) is 4.79 Å². The van der Waals surface area contributed by atoms with E-state index in [1.54, 1.807) is 6.92 Å². The van der Waals surface area contributed by atoms with Crippen LogP contribution in [-0.4, -0.2) is 22.6 Å². The van der Waals surface area contributed by atoms with E-state index >= 15 is 0 Å². The van der Waals surface area contributed by atoms with Gasteiger partial charge in [-0.15, -0.1) is 0 Å². The molecule has 0 amide bonds. The van der Waals surface area contributed by atoms with Crippen molar-refractivity contribution in [1.82, 2.24) is 5.48 Å². The molecule has 0 unspecified atom stereocenters. The third-order valence-corrected chi connectivity index (χ3v) is 2.05. The zero-order valence-corrected chi connectivity index (χ0v) is 9.17. The van der Waals surface area contributed by atoms with E-state index in [-0.39, 0.29) is 12.1 Å². The second-order valence-corrected chi connectivity index (χ2v) is 3.13. The molecule has 7 heteroatoms. The highest BCUT2D eigenvalue weighted by Crippen LogP contribution is 2.22. The summed E-state index contributed by atoms with van der Waals surface area (Å²) in [6.07, 6.45) is 0. The van der Waals surface area contributed by atoms with Crippen molar-refractivity contribution in [1.29, 1.82) is 0 Å². The summed E-state index contributed by atoms with van der Waals surface area (Å²) in [6, 6.07) is 4.10. The second-order valence-electron chi connectivity index (χ2n) is 3.13. The average Bonchev–Trinajstić information content (AvgIpc) is 2.28. The first-order valence-electron chi connectivity index (χ1n) is 4.92. The van der Waals surface area contributed by atoms with Crippen LogP contribution >= 0.6 is 0 Å². The first-order valence-corrected chi connectivity index (χ1v) is 4.92. The van der Waals surface area contributed by atoms with E-state index in [9.17, 15) is 14.9 Å². The third-order valence-electron chi connectivity index (χ3n) is 2.05. The van der Waals surface area contributed by atoms with Gasteiger partial charge in [-0.3, -0.25) is 10.1 Å². The minimum atomic E-state index is -1.33. The molecular weight excluding hydrogens is 228 g/mol. The van der Waals surface area contributed by atoms with Crippen molar-refractivity contribution in [2.24, 2.45) is 0 Å². The smallest absolute Gasteiger partial charge is 0.343 e. The molecule has 0 saturated heterocycles. The van der Waals surface area contributed by atoms with Crippen molar-refractivity contribution >= 4 is 11.7 Å². The van der Waals surface area contributed by atoms with Crippen LogP contribution in [0.2, 0.25) is 0 Å². The Morgan fingerprint density at radius 3 is 2.82 bits per heavy atom. The predicted octanol–water partition coefficient (Wildman–Crippen LogP) is 1.33. The van der Waals surface area contributed by atoms with Crippen LogP contribution in [0.5, 0.6) is 0 Å². The summed E-state index contributed by atoms with van der Waals surface area (Å²) >= 11 is 0. The van der Waals surface area contributed by atoms with Gasteiger partial charge in [0, 0.05) is 12.6 Å². The van der Waals surface area contributed by atoms with Gasteiger partial charge in [0.05, 0.1) is 11.5 Å². The summed E-state index contributed by atoms with van der Waals surface area (Å²) in [5.74, 6) is -1.33. The Kier molecular flexibility index (Phi) is 4.56. The highest BCUT2D eigenvalue weighted by atomic mass is 16.6. The van der Waals surface area contributed by atoms with E-state index < -0.39 is 16.6 Å². The van der Waals surface area contributed by atoms with E-state index in [1.807, 2.05) is 0 Å². The lowest BCUT2D eigenvalue weighted by molar-refractivity contribution is -0.385. The van der Waals surface area contributed by atoms with Gasteiger partial charge in [-0.1, -0.05) is 12.1 Å². The van der Waals surface area contributed by atoms with Crippen molar-refractivity contribution in [3.8, 4) is 0 Å². The Morgan fingerprint density at radius 1 is 1.59 bits per heavy atom. The molecule has 2 N–H and O–H groups in total. The highest BCUT2D eigenvalue weighted by molar-refractivity contribution is 5.94. The number of carboxylic acids is 1. The normalized spacial score (nSPS) is 10.2. The molecule has 1 aromatic rings. The van der Waals surface area contributed by atoms with E-state index in [4.69, 9.17) is 9.94 Å². The standard InChI is InChI=1S/C10H12N2O5/c1-2-17-11-6-7-4-3-5-8(12(15)16)9(7)10(13)14/h3-5,11H,2,6H2,1H3,(H,13,14). The summed E-state index contributed by atoms with van der Waals surface area (Å²) in [5.41, 5.74) is 2.09. The number of hydroxylamine groups is 1. The number of hydrogen-bond donors (Lipinski definition) is 2. The van der Waals surface area contributed by atoms with E-state index in [1.165, 1.54) is 12.1 Å². The minimum absolute atomic E-state index is 0.0944. The van der Waals surface area contributed by atoms with E-state index in [0.717, 1.165) is 6.07 Å². The van der Waals surface area contributed by atoms with Crippen LogP contribution in [0.1, 0.15) is 22.8 Å². The van der Waals surface area contributed by atoms with Gasteiger partial charge in [-0.05, 0) is 12.5 Å². The maximum absolute atomic E-state index is 11.0. The number of aromatic carboxylic acids is 1. The van der Waals surface area contributed by atoms with Crippen LogP contribution in [0.3, 0.4) is 0 Å². The number of nitrogens with one attached hydrogen (secondary N) is 1. The number of nitrogens with zero attached hydrogens (tertiary/aromatic N) is 1. The molecule has 0 saturated carbocycles. The molecule has 0 fully saturated rings. The SMILES string of the molecule is CCONCc1cccc([N+](=O)[O-])c1C(=O)O. The molecule has 0 atom stereocenters. The monoisotopic (exact) mass is 240 g/mol. The molecule has 0 spiro atoms. The van der Waals surface area contributed by atoms with Crippen molar-refractivity contribution in [2.75, 3.05) is 6.61 Å². The third kappa shape index (κ3) is 3.23. The lowest BCUT2D eigenvalue weighted by Crippen LogP contribution is -2.17. The molecule has 17 heavy (non-hydrogen) atoms. The summed E-state index contributed by atoms with van der Waals surface area (Å²) in [7, 11) is 0. The van der Waals surface area contributed by atoms with Crippen molar-refractivity contribution in [2.45, 2.75) is 13.5 Å². The fraction of sp³-hybridized carbons (Fsp3) is 0.300. The zero-order chi connectivity index (χ0) is 12.8. The van der Waals surface area contributed by atoms with Gasteiger partial charge in [-0.2, -0.15) is 5.48 Å². The summed E-state index contributed by atoms with van der Waals surface area (Å²) in [5, 5.41) is 19.7. The molecule has 1 rings (SSSR count). The number of rotatable bonds is 6. The zero-order valence-electron chi connectivity index (χ0n) is 9.17. The molecule has 0 aliphatic rings.